The molecule has 0 heterocycles. The minimum absolute atomic E-state index is 0.0976. The van der Waals surface area contributed by atoms with Gasteiger partial charge < -0.3 is 0 Å². The summed E-state index contributed by atoms with van der Waals surface area (Å²) in [6, 6.07) is 0. The molecule has 0 aromatic heterocycles. The first kappa shape index (κ1) is 10.3. The molecule has 1 aromatic rings. The summed E-state index contributed by atoms with van der Waals surface area (Å²) in [5.74, 6) is 0. The molecule has 0 N–H and O–H groups in total. The van der Waals surface area contributed by atoms with Crippen molar-refractivity contribution in [2.45, 2.75) is 41.2 Å². The third-order valence-corrected chi connectivity index (χ3v) is 3.30. The molecule has 0 aliphatic heterocycles. The minimum atomic E-state index is -0.0976. The van der Waals surface area contributed by atoms with E-state index in [0.717, 1.165) is 5.56 Å². The van der Waals surface area contributed by atoms with Gasteiger partial charge in [-0.15, -0.1) is 0 Å². The first-order chi connectivity index (χ1) is 6.00. The fraction of sp³-hybridized carbons (Fsp3) is 0.500. The molecule has 0 saturated carbocycles. The summed E-state index contributed by atoms with van der Waals surface area (Å²) >= 11 is 0. The van der Waals surface area contributed by atoms with Crippen molar-refractivity contribution in [2.24, 2.45) is 0 Å². The maximum atomic E-state index is 11.0. The molecular formula is C12H17O. The van der Waals surface area contributed by atoms with Crippen LogP contribution in [0.15, 0.2) is 0 Å². The molecule has 13 heavy (non-hydrogen) atoms. The Kier molecular flexibility index (Phi) is 2.77. The average molecular weight is 177 g/mol. The molecule has 1 aromatic carbocycles. The standard InChI is InChI=1S/C12H17O/c1-7-8(2)10(4)12(6-13)11(5)9(7)3/h6H2,1-5H3. The van der Waals surface area contributed by atoms with E-state index in [1.165, 1.54) is 27.8 Å². The van der Waals surface area contributed by atoms with Gasteiger partial charge in [0.25, 0.3) is 0 Å². The maximum Gasteiger partial charge on any atom is 0.108 e. The summed E-state index contributed by atoms with van der Waals surface area (Å²) in [4.78, 5) is 0. The zero-order valence-electron chi connectivity index (χ0n) is 9.12. The zero-order chi connectivity index (χ0) is 10.2. The molecular weight excluding hydrogens is 160 g/mol. The molecule has 0 spiro atoms. The summed E-state index contributed by atoms with van der Waals surface area (Å²) in [6.45, 7) is 10.3. The van der Waals surface area contributed by atoms with Gasteiger partial charge >= 0.3 is 0 Å². The lowest BCUT2D eigenvalue weighted by atomic mass is 9.90. The van der Waals surface area contributed by atoms with E-state index in [4.69, 9.17) is 0 Å². The fourth-order valence-corrected chi connectivity index (χ4v) is 1.79. The number of rotatable bonds is 1. The van der Waals surface area contributed by atoms with Crippen molar-refractivity contribution in [1.82, 2.24) is 0 Å². The quantitative estimate of drug-likeness (QED) is 0.628. The first-order valence-corrected chi connectivity index (χ1v) is 4.64. The molecule has 0 bridgehead atoms. The van der Waals surface area contributed by atoms with Gasteiger partial charge in [0.15, 0.2) is 0 Å². The Morgan fingerprint density at radius 1 is 0.692 bits per heavy atom. The van der Waals surface area contributed by atoms with E-state index in [9.17, 15) is 5.11 Å². The van der Waals surface area contributed by atoms with E-state index >= 15 is 0 Å². The lowest BCUT2D eigenvalue weighted by molar-refractivity contribution is 0.176. The van der Waals surface area contributed by atoms with E-state index in [2.05, 4.69) is 20.8 Å². The van der Waals surface area contributed by atoms with Crippen molar-refractivity contribution in [3.05, 3.63) is 33.4 Å². The van der Waals surface area contributed by atoms with Gasteiger partial charge in [-0.1, -0.05) is 0 Å². The van der Waals surface area contributed by atoms with E-state index in [0.29, 0.717) is 0 Å². The predicted molar refractivity (Wildman–Crippen MR) is 54.5 cm³/mol. The Labute approximate surface area is 80.4 Å². The zero-order valence-corrected chi connectivity index (χ0v) is 9.12. The van der Waals surface area contributed by atoms with Gasteiger partial charge in [0, 0.05) is 0 Å². The van der Waals surface area contributed by atoms with Crippen LogP contribution < -0.4 is 0 Å². The number of hydrogen-bond donors (Lipinski definition) is 0. The molecule has 0 unspecified atom stereocenters. The largest absolute Gasteiger partial charge is 0.232 e. The second-order valence-corrected chi connectivity index (χ2v) is 3.75. The molecule has 1 radical (unpaired) electrons. The molecule has 71 valence electrons. The highest BCUT2D eigenvalue weighted by Gasteiger charge is 2.10. The normalized spacial score (nSPS) is 10.6. The van der Waals surface area contributed by atoms with Crippen LogP contribution in [0.4, 0.5) is 0 Å². The summed E-state index contributed by atoms with van der Waals surface area (Å²) in [5.41, 5.74) is 7.21. The molecule has 0 aliphatic rings. The van der Waals surface area contributed by atoms with Gasteiger partial charge in [0.1, 0.15) is 6.61 Å². The third-order valence-electron chi connectivity index (χ3n) is 3.30. The summed E-state index contributed by atoms with van der Waals surface area (Å²) < 4.78 is 0. The minimum Gasteiger partial charge on any atom is -0.232 e. The second kappa shape index (κ2) is 3.51. The Bertz CT molecular complexity index is 308. The van der Waals surface area contributed by atoms with Gasteiger partial charge in [-0.05, 0) is 68.0 Å². The van der Waals surface area contributed by atoms with E-state index in [1.807, 2.05) is 13.8 Å². The average Bonchev–Trinajstić information content (AvgIpc) is 2.13. The fourth-order valence-electron chi connectivity index (χ4n) is 1.79. The Morgan fingerprint density at radius 2 is 1.00 bits per heavy atom. The van der Waals surface area contributed by atoms with Crippen molar-refractivity contribution < 1.29 is 5.11 Å². The van der Waals surface area contributed by atoms with Crippen LogP contribution in [0.25, 0.3) is 0 Å². The molecule has 0 fully saturated rings. The molecule has 0 atom stereocenters. The lowest BCUT2D eigenvalue weighted by Gasteiger charge is -2.16. The molecule has 1 heteroatoms. The van der Waals surface area contributed by atoms with Crippen LogP contribution in [0.3, 0.4) is 0 Å². The monoisotopic (exact) mass is 177 g/mol. The van der Waals surface area contributed by atoms with Gasteiger partial charge in [-0.25, -0.2) is 5.11 Å². The Morgan fingerprint density at radius 3 is 1.31 bits per heavy atom. The van der Waals surface area contributed by atoms with Crippen LogP contribution in [0, 0.1) is 34.6 Å². The molecule has 1 rings (SSSR count). The smallest absolute Gasteiger partial charge is 0.108 e. The molecule has 0 aliphatic carbocycles. The first-order valence-electron chi connectivity index (χ1n) is 4.64. The van der Waals surface area contributed by atoms with E-state index in [1.54, 1.807) is 0 Å². The third kappa shape index (κ3) is 1.49. The predicted octanol–water partition coefficient (Wildman–Crippen LogP) is 3.16. The summed E-state index contributed by atoms with van der Waals surface area (Å²) in [7, 11) is 0. The van der Waals surface area contributed by atoms with Gasteiger partial charge in [0.2, 0.25) is 0 Å². The van der Waals surface area contributed by atoms with Gasteiger partial charge in [0.05, 0.1) is 0 Å². The van der Waals surface area contributed by atoms with Crippen molar-refractivity contribution in [3.63, 3.8) is 0 Å². The Hall–Kier alpha value is -0.820. The van der Waals surface area contributed by atoms with Crippen LogP contribution in [-0.2, 0) is 11.7 Å². The van der Waals surface area contributed by atoms with Gasteiger partial charge in [-0.2, -0.15) is 0 Å². The topological polar surface area (TPSA) is 19.9 Å². The second-order valence-electron chi connectivity index (χ2n) is 3.75. The van der Waals surface area contributed by atoms with Crippen molar-refractivity contribution in [1.29, 1.82) is 0 Å². The number of benzene rings is 1. The maximum absolute atomic E-state index is 11.0. The van der Waals surface area contributed by atoms with E-state index < -0.39 is 0 Å². The highest BCUT2D eigenvalue weighted by molar-refractivity contribution is 5.48. The van der Waals surface area contributed by atoms with Crippen molar-refractivity contribution in [3.8, 4) is 0 Å². The summed E-state index contributed by atoms with van der Waals surface area (Å²) in [5, 5.41) is 11.0. The Balaban J connectivity index is 3.56. The molecule has 0 saturated heterocycles. The van der Waals surface area contributed by atoms with Crippen LogP contribution >= 0.6 is 0 Å². The lowest BCUT2D eigenvalue weighted by Crippen LogP contribution is -2.01. The van der Waals surface area contributed by atoms with Gasteiger partial charge in [-0.3, -0.25) is 0 Å². The van der Waals surface area contributed by atoms with E-state index in [-0.39, 0.29) is 6.61 Å². The van der Waals surface area contributed by atoms with Crippen LogP contribution in [0.2, 0.25) is 0 Å². The van der Waals surface area contributed by atoms with Crippen molar-refractivity contribution in [2.75, 3.05) is 0 Å². The van der Waals surface area contributed by atoms with Crippen LogP contribution in [0.1, 0.15) is 33.4 Å². The van der Waals surface area contributed by atoms with Crippen molar-refractivity contribution >= 4 is 0 Å². The highest BCUT2D eigenvalue weighted by Crippen LogP contribution is 2.25. The van der Waals surface area contributed by atoms with Crippen LogP contribution in [0.5, 0.6) is 0 Å². The SMILES string of the molecule is Cc1c(C)c(C)c(C[O])c(C)c1C. The van der Waals surface area contributed by atoms with Crippen LogP contribution in [-0.4, -0.2) is 0 Å². The molecule has 1 nitrogen and oxygen atoms in total. The molecule has 0 amide bonds. The summed E-state index contributed by atoms with van der Waals surface area (Å²) in [6.07, 6.45) is 0. The number of hydrogen-bond acceptors (Lipinski definition) is 0. The highest BCUT2D eigenvalue weighted by atomic mass is 16.3.